The fraction of sp³-hybridized carbons (Fsp3) is 0.281. The molecule has 0 saturated heterocycles. The van der Waals surface area contributed by atoms with Crippen LogP contribution in [-0.2, 0) is 22.6 Å². The number of hydrogen-bond acceptors (Lipinski definition) is 6. The third-order valence-electron chi connectivity index (χ3n) is 7.60. The number of hydrogen-bond donors (Lipinski definition) is 1. The number of ether oxygens (including phenoxy) is 2. The molecule has 6 rings (SSSR count). The van der Waals surface area contributed by atoms with Gasteiger partial charge in [-0.15, -0.1) is 0 Å². The van der Waals surface area contributed by atoms with E-state index in [0.29, 0.717) is 30.8 Å². The van der Waals surface area contributed by atoms with Crippen LogP contribution in [0.5, 0.6) is 5.75 Å². The van der Waals surface area contributed by atoms with E-state index in [1.807, 2.05) is 49.4 Å². The van der Waals surface area contributed by atoms with Crippen LogP contribution in [0.3, 0.4) is 0 Å². The number of benzene rings is 3. The zero-order valence-electron chi connectivity index (χ0n) is 22.1. The van der Waals surface area contributed by atoms with Crippen LogP contribution >= 0.6 is 0 Å². The molecule has 0 atom stereocenters. The molecule has 7 nitrogen and oxygen atoms in total. The number of fused-ring (bicyclic) bond motifs is 2. The Morgan fingerprint density at radius 3 is 2.69 bits per heavy atom. The van der Waals surface area contributed by atoms with Crippen molar-refractivity contribution in [2.24, 2.45) is 0 Å². The zero-order valence-corrected chi connectivity index (χ0v) is 22.1. The second-order valence-electron chi connectivity index (χ2n) is 10.0. The van der Waals surface area contributed by atoms with Gasteiger partial charge in [-0.25, -0.2) is 4.98 Å². The summed E-state index contributed by atoms with van der Waals surface area (Å²) in [6, 6.07) is 22.6. The van der Waals surface area contributed by atoms with Crippen LogP contribution in [-0.4, -0.2) is 27.3 Å². The lowest BCUT2D eigenvalue weighted by Gasteiger charge is -2.16. The van der Waals surface area contributed by atoms with Crippen molar-refractivity contribution >= 4 is 33.5 Å². The molecule has 3 aromatic carbocycles. The summed E-state index contributed by atoms with van der Waals surface area (Å²) in [5, 5.41) is 8.13. The second kappa shape index (κ2) is 10.8. The number of para-hydroxylation sites is 1. The van der Waals surface area contributed by atoms with E-state index < -0.39 is 0 Å². The maximum atomic E-state index is 12.2. The molecule has 1 aliphatic carbocycles. The van der Waals surface area contributed by atoms with E-state index in [-0.39, 0.29) is 12.4 Å². The maximum Gasteiger partial charge on any atom is 0.310 e. The summed E-state index contributed by atoms with van der Waals surface area (Å²) < 4.78 is 13.8. The van der Waals surface area contributed by atoms with Gasteiger partial charge in [0.05, 0.1) is 30.3 Å². The normalized spacial score (nSPS) is 13.8. The summed E-state index contributed by atoms with van der Waals surface area (Å²) in [5.41, 5.74) is 11.2. The summed E-state index contributed by atoms with van der Waals surface area (Å²) in [5.74, 6) is 0.955. The topological polar surface area (TPSA) is 92.3 Å². The molecule has 0 radical (unpaired) electrons. The molecule has 2 N–H and O–H groups in total. The summed E-state index contributed by atoms with van der Waals surface area (Å²) in [7, 11) is 0. The van der Waals surface area contributed by atoms with E-state index in [9.17, 15) is 4.79 Å². The minimum absolute atomic E-state index is 0.176. The molecule has 0 bridgehead atoms. The lowest BCUT2D eigenvalue weighted by molar-refractivity contribution is -0.142. The molecule has 7 heteroatoms. The van der Waals surface area contributed by atoms with Crippen LogP contribution < -0.4 is 10.5 Å². The van der Waals surface area contributed by atoms with Gasteiger partial charge in [-0.3, -0.25) is 9.48 Å². The number of carbonyl (C=O) groups is 1. The predicted molar refractivity (Wildman–Crippen MR) is 153 cm³/mol. The molecule has 1 fully saturated rings. The number of nitrogens with zero attached hydrogens (tertiary/aromatic N) is 3. The van der Waals surface area contributed by atoms with Crippen LogP contribution in [0, 0.1) is 0 Å². The van der Waals surface area contributed by atoms with E-state index in [0.717, 1.165) is 56.9 Å². The summed E-state index contributed by atoms with van der Waals surface area (Å²) in [4.78, 5) is 16.4. The molecule has 2 heterocycles. The number of aromatic nitrogens is 3. The summed E-state index contributed by atoms with van der Waals surface area (Å²) >= 11 is 0. The Balaban J connectivity index is 1.40. The number of anilines is 1. The fourth-order valence-electron chi connectivity index (χ4n) is 5.70. The Labute approximate surface area is 227 Å². The van der Waals surface area contributed by atoms with Crippen molar-refractivity contribution < 1.29 is 14.3 Å². The largest absolute Gasteiger partial charge is 0.487 e. The number of nitrogens with two attached hydrogens (primary N) is 1. The second-order valence-corrected chi connectivity index (χ2v) is 10.0. The van der Waals surface area contributed by atoms with Crippen molar-refractivity contribution in [1.29, 1.82) is 0 Å². The molecule has 39 heavy (non-hydrogen) atoms. The lowest BCUT2D eigenvalue weighted by atomic mass is 9.97. The number of pyridine rings is 1. The van der Waals surface area contributed by atoms with Crippen LogP contribution in [0.2, 0.25) is 0 Å². The van der Waals surface area contributed by atoms with Gasteiger partial charge in [0.2, 0.25) is 0 Å². The van der Waals surface area contributed by atoms with Gasteiger partial charge in [0.15, 0.2) is 0 Å². The molecule has 0 spiro atoms. The highest BCUT2D eigenvalue weighted by Gasteiger charge is 2.24. The Hall–Kier alpha value is -4.39. The van der Waals surface area contributed by atoms with Crippen molar-refractivity contribution in [2.45, 2.75) is 51.7 Å². The Morgan fingerprint density at radius 1 is 1.00 bits per heavy atom. The maximum absolute atomic E-state index is 12.2. The SMILES string of the molecule is CCOC(=O)Cc1ccccc1OCc1c2cc(-c3cccc4c(N)nccc34)ccc2nn1C1CCCC1. The van der Waals surface area contributed by atoms with Gasteiger partial charge in [-0.1, -0.05) is 55.3 Å². The van der Waals surface area contributed by atoms with Gasteiger partial charge < -0.3 is 15.2 Å². The van der Waals surface area contributed by atoms with E-state index >= 15 is 0 Å². The lowest BCUT2D eigenvalue weighted by Crippen LogP contribution is -2.13. The highest BCUT2D eigenvalue weighted by Crippen LogP contribution is 2.36. The highest BCUT2D eigenvalue weighted by atomic mass is 16.5. The molecular weight excluding hydrogens is 488 g/mol. The third-order valence-corrected chi connectivity index (χ3v) is 7.60. The Kier molecular flexibility index (Phi) is 6.88. The van der Waals surface area contributed by atoms with Gasteiger partial charge in [0, 0.05) is 22.5 Å². The Bertz CT molecular complexity index is 1650. The van der Waals surface area contributed by atoms with Gasteiger partial charge in [0.25, 0.3) is 0 Å². The first-order valence-electron chi connectivity index (χ1n) is 13.6. The van der Waals surface area contributed by atoms with Crippen molar-refractivity contribution in [2.75, 3.05) is 12.3 Å². The summed E-state index contributed by atoms with van der Waals surface area (Å²) in [6.07, 6.45) is 6.58. The zero-order chi connectivity index (χ0) is 26.8. The van der Waals surface area contributed by atoms with E-state index in [2.05, 4.69) is 33.9 Å². The first-order valence-corrected chi connectivity index (χ1v) is 13.6. The molecule has 1 saturated carbocycles. The average molecular weight is 521 g/mol. The van der Waals surface area contributed by atoms with Gasteiger partial charge in [-0.05, 0) is 60.5 Å². The molecule has 5 aromatic rings. The van der Waals surface area contributed by atoms with E-state index in [4.69, 9.17) is 20.3 Å². The van der Waals surface area contributed by atoms with Crippen LogP contribution in [0.15, 0.2) is 72.9 Å². The van der Waals surface area contributed by atoms with Crippen LogP contribution in [0.1, 0.15) is 49.9 Å². The first kappa shape index (κ1) is 24.9. The van der Waals surface area contributed by atoms with Crippen molar-refractivity contribution in [3.63, 3.8) is 0 Å². The van der Waals surface area contributed by atoms with Crippen molar-refractivity contribution in [1.82, 2.24) is 14.8 Å². The predicted octanol–water partition coefficient (Wildman–Crippen LogP) is 6.63. The molecule has 0 unspecified atom stereocenters. The third kappa shape index (κ3) is 4.92. The average Bonchev–Trinajstić information content (AvgIpc) is 3.61. The standard InChI is InChI=1S/C32H32N4O3/c1-2-38-31(37)19-22-8-3-6-13-30(22)39-20-29-27-18-21(14-15-28(27)35-36(29)23-9-4-5-10-23)24-11-7-12-26-25(24)16-17-34-32(26)33/h3,6-8,11-18,23H,2,4-5,9-10,19-20H2,1H3,(H2,33,34). The molecule has 1 aliphatic rings. The molecule has 2 aromatic heterocycles. The monoisotopic (exact) mass is 520 g/mol. The summed E-state index contributed by atoms with van der Waals surface area (Å²) in [6.45, 7) is 2.52. The minimum atomic E-state index is -0.259. The molecular formula is C32H32N4O3. The van der Waals surface area contributed by atoms with Crippen molar-refractivity contribution in [3.8, 4) is 16.9 Å². The van der Waals surface area contributed by atoms with E-state index in [1.54, 1.807) is 6.20 Å². The quantitative estimate of drug-likeness (QED) is 0.231. The highest BCUT2D eigenvalue weighted by molar-refractivity contribution is 6.02. The number of rotatable bonds is 8. The first-order chi connectivity index (χ1) is 19.1. The number of nitrogen functional groups attached to an aromatic ring is 1. The number of esters is 1. The van der Waals surface area contributed by atoms with Crippen LogP contribution in [0.4, 0.5) is 5.82 Å². The van der Waals surface area contributed by atoms with Gasteiger partial charge in [0.1, 0.15) is 18.2 Å². The fourth-order valence-corrected chi connectivity index (χ4v) is 5.70. The van der Waals surface area contributed by atoms with E-state index in [1.165, 1.54) is 12.8 Å². The molecule has 198 valence electrons. The van der Waals surface area contributed by atoms with Gasteiger partial charge in [-0.2, -0.15) is 5.10 Å². The minimum Gasteiger partial charge on any atom is -0.487 e. The van der Waals surface area contributed by atoms with Crippen molar-refractivity contribution in [3.05, 3.63) is 84.2 Å². The molecule has 0 aliphatic heterocycles. The van der Waals surface area contributed by atoms with Gasteiger partial charge >= 0.3 is 5.97 Å². The molecule has 0 amide bonds. The number of carbonyl (C=O) groups excluding carboxylic acids is 1. The van der Waals surface area contributed by atoms with Crippen LogP contribution in [0.25, 0.3) is 32.8 Å². The Morgan fingerprint density at radius 2 is 1.85 bits per heavy atom. The smallest absolute Gasteiger partial charge is 0.310 e.